The number of esters is 1. The fraction of sp³-hybridized carbons (Fsp3) is 0.571. The molecule has 1 aromatic heterocycles. The van der Waals surface area contributed by atoms with Crippen LogP contribution in [0.1, 0.15) is 45.2 Å². The Morgan fingerprint density at radius 1 is 1.34 bits per heavy atom. The van der Waals surface area contributed by atoms with E-state index in [0.717, 1.165) is 0 Å². The molecule has 32 heavy (non-hydrogen) atoms. The molecule has 174 valence electrons. The normalized spacial score (nSPS) is 27.0. The van der Waals surface area contributed by atoms with E-state index in [9.17, 15) is 14.4 Å². The van der Waals surface area contributed by atoms with Crippen LogP contribution in [0.3, 0.4) is 0 Å². The molecule has 0 aromatic carbocycles. The Labute approximate surface area is 191 Å². The number of aliphatic imine (C=N–C) groups is 1. The lowest BCUT2D eigenvalue weighted by atomic mass is 10.00. The van der Waals surface area contributed by atoms with Crippen LogP contribution in [0.2, 0.25) is 0 Å². The van der Waals surface area contributed by atoms with Gasteiger partial charge in [-0.05, 0) is 31.1 Å². The second-order valence-electron chi connectivity index (χ2n) is 8.20. The number of thiol groups is 1. The first-order valence-corrected chi connectivity index (χ1v) is 11.1. The number of allylic oxidation sites excluding steroid dienone is 1. The summed E-state index contributed by atoms with van der Waals surface area (Å²) in [5.74, 6) is -0.678. The summed E-state index contributed by atoms with van der Waals surface area (Å²) in [6.45, 7) is 5.23. The molecule has 0 saturated carbocycles. The number of nitrogens with zero attached hydrogens (tertiary/aromatic N) is 2. The van der Waals surface area contributed by atoms with E-state index in [0.29, 0.717) is 17.9 Å². The van der Waals surface area contributed by atoms with Crippen LogP contribution in [0.5, 0.6) is 0 Å². The Morgan fingerprint density at radius 3 is 2.84 bits per heavy atom. The maximum absolute atomic E-state index is 13.0. The Balaban J connectivity index is 1.92. The zero-order valence-electron chi connectivity index (χ0n) is 18.3. The van der Waals surface area contributed by atoms with Crippen molar-refractivity contribution in [2.45, 2.75) is 57.8 Å². The maximum atomic E-state index is 13.0. The second-order valence-corrected chi connectivity index (χ2v) is 8.64. The lowest BCUT2D eigenvalue weighted by Crippen LogP contribution is -2.53. The lowest BCUT2D eigenvalue weighted by molar-refractivity contribution is -0.153. The number of amides is 2. The minimum atomic E-state index is -1.24. The molecular weight excluding hydrogens is 436 g/mol. The van der Waals surface area contributed by atoms with Gasteiger partial charge in [-0.25, -0.2) is 14.8 Å². The SMILES string of the molecule is CC(C)C1NC(=O)[C@]2(C)COC(=N2)c2coc(n2)CNC(=O)C[C@@H](/C=C/CCS)OC1=O. The highest BCUT2D eigenvalue weighted by Crippen LogP contribution is 2.23. The molecule has 0 spiro atoms. The van der Waals surface area contributed by atoms with Gasteiger partial charge in [0.25, 0.3) is 5.91 Å². The number of carbonyl (C=O) groups is 3. The summed E-state index contributed by atoms with van der Waals surface area (Å²) >= 11 is 4.16. The van der Waals surface area contributed by atoms with Gasteiger partial charge in [0.2, 0.25) is 17.7 Å². The fourth-order valence-corrected chi connectivity index (χ4v) is 3.30. The van der Waals surface area contributed by atoms with Crippen LogP contribution in [-0.2, 0) is 30.4 Å². The molecule has 11 heteroatoms. The molecule has 3 heterocycles. The van der Waals surface area contributed by atoms with Gasteiger partial charge in [0.1, 0.15) is 25.0 Å². The molecule has 2 aliphatic rings. The van der Waals surface area contributed by atoms with Gasteiger partial charge in [0, 0.05) is 0 Å². The number of aromatic nitrogens is 1. The van der Waals surface area contributed by atoms with E-state index in [1.165, 1.54) is 6.26 Å². The smallest absolute Gasteiger partial charge is 0.329 e. The van der Waals surface area contributed by atoms with Crippen LogP contribution in [-0.4, -0.2) is 58.7 Å². The summed E-state index contributed by atoms with van der Waals surface area (Å²) < 4.78 is 16.6. The molecule has 0 saturated heterocycles. The number of hydrogen-bond donors (Lipinski definition) is 3. The molecule has 1 unspecified atom stereocenters. The first kappa shape index (κ1) is 23.8. The predicted molar refractivity (Wildman–Crippen MR) is 118 cm³/mol. The monoisotopic (exact) mass is 464 g/mol. The summed E-state index contributed by atoms with van der Waals surface area (Å²) in [5, 5.41) is 5.43. The standard InChI is InChI=1S/C21H28N4O6S/c1-12(2)17-19(27)31-13(6-4-5-7-32)8-15(26)22-9-16-23-14(10-29-16)18-25-21(3,11-30-18)20(28)24-17/h4,6,10,12-13,17,32H,5,7-9,11H2,1-3H3,(H,22,26)(H,24,28)/b6-4+/t13-,17?,21+/m1/s1. The zero-order valence-corrected chi connectivity index (χ0v) is 19.2. The number of nitrogens with one attached hydrogen (secondary N) is 2. The van der Waals surface area contributed by atoms with Crippen molar-refractivity contribution < 1.29 is 28.3 Å². The van der Waals surface area contributed by atoms with Crippen molar-refractivity contribution in [1.29, 1.82) is 0 Å². The summed E-state index contributed by atoms with van der Waals surface area (Å²) in [4.78, 5) is 47.0. The predicted octanol–water partition coefficient (Wildman–Crippen LogP) is 1.16. The number of ether oxygens (including phenoxy) is 2. The Morgan fingerprint density at radius 2 is 2.12 bits per heavy atom. The Kier molecular flexibility index (Phi) is 7.60. The van der Waals surface area contributed by atoms with E-state index in [1.807, 2.05) is 0 Å². The van der Waals surface area contributed by atoms with Gasteiger partial charge in [0.15, 0.2) is 11.2 Å². The van der Waals surface area contributed by atoms with Crippen LogP contribution in [0.25, 0.3) is 0 Å². The van der Waals surface area contributed by atoms with Crippen molar-refractivity contribution in [3.8, 4) is 0 Å². The van der Waals surface area contributed by atoms with Gasteiger partial charge in [-0.1, -0.05) is 19.9 Å². The van der Waals surface area contributed by atoms with Crippen LogP contribution in [0.15, 0.2) is 27.8 Å². The van der Waals surface area contributed by atoms with Crippen molar-refractivity contribution >= 4 is 36.3 Å². The van der Waals surface area contributed by atoms with Gasteiger partial charge in [-0.3, -0.25) is 9.59 Å². The van der Waals surface area contributed by atoms with Crippen LogP contribution < -0.4 is 10.6 Å². The molecule has 2 N–H and O–H groups in total. The molecule has 10 nitrogen and oxygen atoms in total. The molecule has 3 atom stereocenters. The molecule has 4 bridgehead atoms. The Hall–Kier alpha value is -2.82. The minimum Gasteiger partial charge on any atom is -0.473 e. The van der Waals surface area contributed by atoms with Crippen molar-refractivity contribution in [3.63, 3.8) is 0 Å². The third kappa shape index (κ3) is 5.70. The first-order valence-electron chi connectivity index (χ1n) is 10.4. The molecule has 1 aromatic rings. The summed E-state index contributed by atoms with van der Waals surface area (Å²) in [6.07, 6.45) is 4.57. The van der Waals surface area contributed by atoms with Crippen molar-refractivity contribution in [3.05, 3.63) is 30.0 Å². The van der Waals surface area contributed by atoms with E-state index in [-0.39, 0.29) is 43.2 Å². The quantitative estimate of drug-likeness (QED) is 0.346. The van der Waals surface area contributed by atoms with Crippen LogP contribution in [0, 0.1) is 5.92 Å². The molecule has 3 rings (SSSR count). The third-order valence-electron chi connectivity index (χ3n) is 5.04. The number of rotatable bonds is 4. The van der Waals surface area contributed by atoms with Crippen LogP contribution >= 0.6 is 12.6 Å². The van der Waals surface area contributed by atoms with E-state index < -0.39 is 29.6 Å². The van der Waals surface area contributed by atoms with Crippen LogP contribution in [0.4, 0.5) is 0 Å². The zero-order chi connectivity index (χ0) is 23.3. The molecule has 0 aliphatic carbocycles. The lowest BCUT2D eigenvalue weighted by Gasteiger charge is -2.26. The summed E-state index contributed by atoms with van der Waals surface area (Å²) in [5.41, 5.74) is -0.913. The average molecular weight is 465 g/mol. The highest BCUT2D eigenvalue weighted by atomic mass is 32.1. The van der Waals surface area contributed by atoms with Crippen molar-refractivity contribution in [2.75, 3.05) is 12.4 Å². The minimum absolute atomic E-state index is 0.0119. The van der Waals surface area contributed by atoms with Gasteiger partial charge >= 0.3 is 5.97 Å². The average Bonchev–Trinajstić information content (AvgIpc) is 3.37. The largest absolute Gasteiger partial charge is 0.473 e. The Bertz CT molecular complexity index is 927. The topological polar surface area (TPSA) is 132 Å². The highest BCUT2D eigenvalue weighted by molar-refractivity contribution is 7.80. The summed E-state index contributed by atoms with van der Waals surface area (Å²) in [6, 6.07) is -0.922. The molecule has 0 radical (unpaired) electrons. The molecule has 0 fully saturated rings. The van der Waals surface area contributed by atoms with E-state index in [2.05, 4.69) is 33.2 Å². The van der Waals surface area contributed by atoms with Crippen molar-refractivity contribution in [2.24, 2.45) is 10.9 Å². The molecule has 2 amide bonds. The molecular formula is C21H28N4O6S. The van der Waals surface area contributed by atoms with E-state index in [4.69, 9.17) is 13.9 Å². The fourth-order valence-electron chi connectivity index (χ4n) is 3.15. The van der Waals surface area contributed by atoms with Crippen molar-refractivity contribution in [1.82, 2.24) is 15.6 Å². The van der Waals surface area contributed by atoms with Gasteiger partial charge in [0.05, 0.1) is 13.0 Å². The number of fused-ring (bicyclic) bond motifs is 4. The maximum Gasteiger partial charge on any atom is 0.329 e. The van der Waals surface area contributed by atoms with E-state index in [1.54, 1.807) is 32.9 Å². The first-order chi connectivity index (χ1) is 15.2. The van der Waals surface area contributed by atoms with Gasteiger partial charge in [-0.15, -0.1) is 0 Å². The van der Waals surface area contributed by atoms with Gasteiger partial charge in [-0.2, -0.15) is 12.6 Å². The number of cyclic esters (lactones) is 1. The molecule has 2 aliphatic heterocycles. The number of carbonyl (C=O) groups excluding carboxylic acids is 3. The third-order valence-corrected chi connectivity index (χ3v) is 5.30. The highest BCUT2D eigenvalue weighted by Gasteiger charge is 2.43. The summed E-state index contributed by atoms with van der Waals surface area (Å²) in [7, 11) is 0. The number of hydrogen-bond acceptors (Lipinski definition) is 9. The van der Waals surface area contributed by atoms with Gasteiger partial charge < -0.3 is 24.5 Å². The number of oxazole rings is 1. The second kappa shape index (κ2) is 10.2. The van der Waals surface area contributed by atoms with E-state index >= 15 is 0 Å².